The first-order valence-corrected chi connectivity index (χ1v) is 21.9. The highest BCUT2D eigenvalue weighted by Gasteiger charge is 2.61. The Labute approximate surface area is 386 Å². The number of aliphatic carboxylic acids is 1. The predicted octanol–water partition coefficient (Wildman–Crippen LogP) is 7.98. The normalized spacial score (nSPS) is 23.0. The van der Waals surface area contributed by atoms with Crippen LogP contribution in [0.15, 0.2) is 91.4 Å². The van der Waals surface area contributed by atoms with Gasteiger partial charge in [-0.1, -0.05) is 36.4 Å². The molecule has 350 valence electrons. The molecule has 16 heteroatoms. The smallest absolute Gasteiger partial charge is 0.307 e. The van der Waals surface area contributed by atoms with Crippen LogP contribution in [0, 0.1) is 76.7 Å². The van der Waals surface area contributed by atoms with Gasteiger partial charge in [0.1, 0.15) is 41.2 Å². The maximum atomic E-state index is 13.5. The van der Waals surface area contributed by atoms with Crippen LogP contribution in [0.3, 0.4) is 0 Å². The second-order valence-electron chi connectivity index (χ2n) is 17.6. The van der Waals surface area contributed by atoms with Crippen molar-refractivity contribution in [1.82, 2.24) is 29.9 Å². The molecule has 3 heterocycles. The number of carboxylic acids is 1. The number of halogens is 3. The number of rotatable bonds is 15. The molecular formula is C51H53F3N6O7. The Balaban J connectivity index is 0.000000149. The van der Waals surface area contributed by atoms with Crippen molar-refractivity contribution in [2.45, 2.75) is 77.0 Å². The molecule has 3 aliphatic rings. The van der Waals surface area contributed by atoms with Crippen molar-refractivity contribution in [2.75, 3.05) is 26.4 Å². The monoisotopic (exact) mass is 918 g/mol. The number of benzene rings is 3. The summed E-state index contributed by atoms with van der Waals surface area (Å²) in [7, 11) is 0. The molecule has 2 N–H and O–H groups in total. The van der Waals surface area contributed by atoms with Crippen LogP contribution in [-0.2, 0) is 25.8 Å². The van der Waals surface area contributed by atoms with Crippen molar-refractivity contribution >= 4 is 12.3 Å². The first kappa shape index (κ1) is 48.1. The summed E-state index contributed by atoms with van der Waals surface area (Å²) in [5.41, 5.74) is 3.08. The number of ether oxygens (including phenoxy) is 3. The number of carbonyl (C=O) groups is 2. The minimum atomic E-state index is -0.894. The van der Waals surface area contributed by atoms with Gasteiger partial charge in [-0.15, -0.1) is 0 Å². The SMILES string of the molecule is Cc1ncc(OC[C@@]2(c3cccc(F)c3)C[C@H]2C(=O)O)c(C)n1.Cc1ncc(OC[C@@]2(c3cccc(F)c3)C[C@H]2C=O)c(C)n1.Cc1ncc(OC[C@@]2(c3cccc(F)c3)C[C@H]2CO)c(C)n1. The molecule has 0 saturated heterocycles. The van der Waals surface area contributed by atoms with E-state index in [-0.39, 0.29) is 47.9 Å². The van der Waals surface area contributed by atoms with E-state index in [4.69, 9.17) is 14.2 Å². The molecule has 0 aliphatic heterocycles. The molecule has 9 rings (SSSR count). The van der Waals surface area contributed by atoms with E-state index in [9.17, 15) is 33.0 Å². The minimum absolute atomic E-state index is 0.0727. The lowest BCUT2D eigenvalue weighted by atomic mass is 9.94. The minimum Gasteiger partial charge on any atom is -0.489 e. The molecule has 0 amide bonds. The topological polar surface area (TPSA) is 180 Å². The highest BCUT2D eigenvalue weighted by molar-refractivity contribution is 5.77. The molecule has 0 bridgehead atoms. The molecule has 0 radical (unpaired) electrons. The molecule has 67 heavy (non-hydrogen) atoms. The average Bonchev–Trinajstić information content (AvgIpc) is 4.23. The van der Waals surface area contributed by atoms with E-state index in [0.29, 0.717) is 72.0 Å². The van der Waals surface area contributed by atoms with E-state index in [0.717, 1.165) is 35.2 Å². The van der Waals surface area contributed by atoms with Gasteiger partial charge in [0.05, 0.1) is 61.4 Å². The highest BCUT2D eigenvalue weighted by atomic mass is 19.1. The van der Waals surface area contributed by atoms with Gasteiger partial charge in [-0.2, -0.15) is 0 Å². The molecule has 13 nitrogen and oxygen atoms in total. The third-order valence-electron chi connectivity index (χ3n) is 12.9. The zero-order valence-corrected chi connectivity index (χ0v) is 38.2. The number of carbonyl (C=O) groups excluding carboxylic acids is 1. The first-order valence-electron chi connectivity index (χ1n) is 21.9. The van der Waals surface area contributed by atoms with Gasteiger partial charge in [0.15, 0.2) is 17.2 Å². The number of hydrogen-bond donors (Lipinski definition) is 2. The standard InChI is InChI=1S/C17H17FN2O3.C17H19FN2O2.C17H17FN2O2/c1-10-15(8-19-11(2)20-10)23-9-17(7-14(17)16(21)22)12-4-3-5-13(18)6-12;2*1-11-16(8-19-12(2)20-11)22-10-17(7-14(17)9-21)13-4-3-5-15(18)6-13/h3-6,8,14H,7,9H2,1-2H3,(H,21,22);3-6,8,14,21H,7,9-10H2,1-2H3;3-6,8-9,14H,7,10H2,1-2H3/t3*14-,17+/m000/s1. The lowest BCUT2D eigenvalue weighted by molar-refractivity contribution is -0.139. The van der Waals surface area contributed by atoms with Crippen molar-refractivity contribution in [3.8, 4) is 17.2 Å². The van der Waals surface area contributed by atoms with E-state index in [2.05, 4.69) is 29.9 Å². The maximum Gasteiger partial charge on any atom is 0.307 e. The molecule has 3 aromatic heterocycles. The molecule has 6 atom stereocenters. The van der Waals surface area contributed by atoms with Crippen molar-refractivity contribution in [3.63, 3.8) is 0 Å². The van der Waals surface area contributed by atoms with Crippen molar-refractivity contribution in [2.24, 2.45) is 17.8 Å². The summed E-state index contributed by atoms with van der Waals surface area (Å²) < 4.78 is 58.0. The number of aldehydes is 1. The summed E-state index contributed by atoms with van der Waals surface area (Å²) in [5.74, 6) is 1.31. The van der Waals surface area contributed by atoms with Gasteiger partial charge >= 0.3 is 5.97 Å². The van der Waals surface area contributed by atoms with Gasteiger partial charge in [0.2, 0.25) is 0 Å². The Morgan fingerprint density at radius 1 is 0.612 bits per heavy atom. The van der Waals surface area contributed by atoms with Gasteiger partial charge in [-0.3, -0.25) is 4.79 Å². The molecule has 0 unspecified atom stereocenters. The van der Waals surface area contributed by atoms with Gasteiger partial charge in [0.25, 0.3) is 0 Å². The lowest BCUT2D eigenvalue weighted by Gasteiger charge is -2.19. The Bertz CT molecular complexity index is 2760. The molecular weight excluding hydrogens is 866 g/mol. The third-order valence-corrected chi connectivity index (χ3v) is 12.9. The molecule has 3 fully saturated rings. The fourth-order valence-electron chi connectivity index (χ4n) is 8.67. The number of aliphatic hydroxyl groups excluding tert-OH is 1. The van der Waals surface area contributed by atoms with Gasteiger partial charge < -0.3 is 29.2 Å². The predicted molar refractivity (Wildman–Crippen MR) is 240 cm³/mol. The molecule has 0 spiro atoms. The summed E-state index contributed by atoms with van der Waals surface area (Å²) in [6.07, 6.45) is 7.69. The Morgan fingerprint density at radius 3 is 1.33 bits per heavy atom. The van der Waals surface area contributed by atoms with E-state index in [1.54, 1.807) is 56.7 Å². The Kier molecular flexibility index (Phi) is 14.3. The van der Waals surface area contributed by atoms with E-state index in [1.165, 1.54) is 36.4 Å². The molecule has 3 aliphatic carbocycles. The van der Waals surface area contributed by atoms with Crippen molar-refractivity contribution < 1.29 is 47.2 Å². The Hall–Kier alpha value is -6.81. The highest BCUT2D eigenvalue weighted by Crippen LogP contribution is 2.56. The second-order valence-corrected chi connectivity index (χ2v) is 17.6. The summed E-state index contributed by atoms with van der Waals surface area (Å²) in [4.78, 5) is 47.7. The first-order chi connectivity index (χ1) is 32.0. The van der Waals surface area contributed by atoms with Crippen LogP contribution in [0.25, 0.3) is 0 Å². The van der Waals surface area contributed by atoms with Gasteiger partial charge in [0, 0.05) is 28.8 Å². The summed E-state index contributed by atoms with van der Waals surface area (Å²) in [5, 5.41) is 18.8. The summed E-state index contributed by atoms with van der Waals surface area (Å²) in [6.45, 7) is 11.9. The number of aryl methyl sites for hydroxylation is 6. The van der Waals surface area contributed by atoms with Crippen LogP contribution in [0.4, 0.5) is 13.2 Å². The zero-order valence-electron chi connectivity index (χ0n) is 38.2. The number of hydrogen-bond acceptors (Lipinski definition) is 12. The van der Waals surface area contributed by atoms with E-state index in [1.807, 2.05) is 39.8 Å². The van der Waals surface area contributed by atoms with Crippen LogP contribution in [0.5, 0.6) is 17.2 Å². The summed E-state index contributed by atoms with van der Waals surface area (Å²) >= 11 is 0. The number of aromatic nitrogens is 6. The zero-order chi connectivity index (χ0) is 48.1. The Morgan fingerprint density at radius 2 is 1.00 bits per heavy atom. The molecule has 3 aromatic carbocycles. The fraction of sp³-hybridized carbons (Fsp3) is 0.373. The number of aliphatic hydroxyl groups is 1. The molecule has 6 aromatic rings. The van der Waals surface area contributed by atoms with Crippen LogP contribution in [0.1, 0.15) is 70.5 Å². The van der Waals surface area contributed by atoms with Crippen LogP contribution in [-0.4, -0.2) is 78.8 Å². The second kappa shape index (κ2) is 20.0. The van der Waals surface area contributed by atoms with Gasteiger partial charge in [-0.05, 0) is 120 Å². The lowest BCUT2D eigenvalue weighted by Crippen LogP contribution is -2.24. The maximum absolute atomic E-state index is 13.5. The van der Waals surface area contributed by atoms with Gasteiger partial charge in [-0.25, -0.2) is 43.1 Å². The van der Waals surface area contributed by atoms with Crippen molar-refractivity contribution in [1.29, 1.82) is 0 Å². The number of nitrogens with zero attached hydrogens (tertiary/aromatic N) is 6. The van der Waals surface area contributed by atoms with Crippen LogP contribution in [0.2, 0.25) is 0 Å². The van der Waals surface area contributed by atoms with Crippen LogP contribution < -0.4 is 14.2 Å². The largest absolute Gasteiger partial charge is 0.489 e. The van der Waals surface area contributed by atoms with E-state index >= 15 is 0 Å². The average molecular weight is 919 g/mol. The number of carboxylic acid groups (broad SMARTS) is 1. The quantitative estimate of drug-likeness (QED) is 0.0948. The van der Waals surface area contributed by atoms with E-state index < -0.39 is 22.7 Å². The third kappa shape index (κ3) is 10.9. The van der Waals surface area contributed by atoms with Crippen LogP contribution >= 0.6 is 0 Å². The fourth-order valence-corrected chi connectivity index (χ4v) is 8.67. The molecule has 3 saturated carbocycles. The summed E-state index contributed by atoms with van der Waals surface area (Å²) in [6, 6.07) is 19.0. The van der Waals surface area contributed by atoms with Crippen molar-refractivity contribution in [3.05, 3.63) is 160 Å².